The van der Waals surface area contributed by atoms with Crippen molar-refractivity contribution in [3.8, 4) is 0 Å². The minimum atomic E-state index is -0.826. The maximum Gasteiger partial charge on any atom is 0.320 e. The number of hydrogen-bond acceptors (Lipinski definition) is 3. The van der Waals surface area contributed by atoms with Crippen molar-refractivity contribution in [3.05, 3.63) is 35.4 Å². The molecule has 2 N–H and O–H groups in total. The first-order valence-corrected chi connectivity index (χ1v) is 8.46. The van der Waals surface area contributed by atoms with Crippen molar-refractivity contribution in [3.63, 3.8) is 0 Å². The van der Waals surface area contributed by atoms with Gasteiger partial charge in [0.15, 0.2) is 0 Å². The van der Waals surface area contributed by atoms with Gasteiger partial charge in [-0.25, -0.2) is 0 Å². The predicted octanol–water partition coefficient (Wildman–Crippen LogP) is 2.66. The molecule has 5 nitrogen and oxygen atoms in total. The predicted molar refractivity (Wildman–Crippen MR) is 89.4 cm³/mol. The van der Waals surface area contributed by atoms with E-state index < -0.39 is 12.0 Å². The zero-order chi connectivity index (χ0) is 16.7. The van der Waals surface area contributed by atoms with Gasteiger partial charge in [0.1, 0.15) is 6.04 Å². The molecule has 126 valence electrons. The van der Waals surface area contributed by atoms with Crippen LogP contribution in [0, 0.1) is 0 Å². The van der Waals surface area contributed by atoms with Gasteiger partial charge in [0.25, 0.3) is 5.91 Å². The minimum Gasteiger partial charge on any atom is -0.480 e. The average molecular weight is 318 g/mol. The highest BCUT2D eigenvalue weighted by Gasteiger charge is 2.19. The van der Waals surface area contributed by atoms with Gasteiger partial charge in [-0.05, 0) is 43.4 Å². The Hall–Kier alpha value is -1.88. The van der Waals surface area contributed by atoms with Gasteiger partial charge in [-0.2, -0.15) is 0 Å². The van der Waals surface area contributed by atoms with E-state index in [4.69, 9.17) is 0 Å². The lowest BCUT2D eigenvalue weighted by Gasteiger charge is -2.26. The summed E-state index contributed by atoms with van der Waals surface area (Å²) in [5, 5.41) is 12.2. The van der Waals surface area contributed by atoms with Crippen LogP contribution in [0.2, 0.25) is 0 Å². The highest BCUT2D eigenvalue weighted by molar-refractivity contribution is 5.94. The van der Waals surface area contributed by atoms with Crippen LogP contribution in [0.5, 0.6) is 0 Å². The van der Waals surface area contributed by atoms with Crippen LogP contribution in [0.25, 0.3) is 0 Å². The molecule has 1 heterocycles. The van der Waals surface area contributed by atoms with Crippen molar-refractivity contribution in [1.29, 1.82) is 0 Å². The van der Waals surface area contributed by atoms with Crippen LogP contribution < -0.4 is 5.32 Å². The van der Waals surface area contributed by atoms with E-state index in [0.717, 1.165) is 37.9 Å². The van der Waals surface area contributed by atoms with Gasteiger partial charge in [-0.15, -0.1) is 0 Å². The fraction of sp³-hybridized carbons (Fsp3) is 0.556. The van der Waals surface area contributed by atoms with Crippen molar-refractivity contribution in [2.24, 2.45) is 0 Å². The fourth-order valence-corrected chi connectivity index (χ4v) is 2.94. The standard InChI is InChI=1S/C18H26N2O3/c1-2-7-16(18(22)23)19-13-14-8-6-9-15(12-14)17(21)20-10-4-3-5-11-20/h6,8-9,12,16,19H,2-5,7,10-11,13H2,1H3,(H,22,23). The van der Waals surface area contributed by atoms with E-state index in [1.54, 1.807) is 0 Å². The van der Waals surface area contributed by atoms with Gasteiger partial charge in [-0.1, -0.05) is 25.5 Å². The van der Waals surface area contributed by atoms with Gasteiger partial charge < -0.3 is 15.3 Å². The van der Waals surface area contributed by atoms with E-state index in [2.05, 4.69) is 5.32 Å². The smallest absolute Gasteiger partial charge is 0.320 e. The molecule has 1 fully saturated rings. The van der Waals surface area contributed by atoms with Crippen molar-refractivity contribution in [1.82, 2.24) is 10.2 Å². The monoisotopic (exact) mass is 318 g/mol. The molecule has 1 atom stereocenters. The molecular formula is C18H26N2O3. The van der Waals surface area contributed by atoms with Gasteiger partial charge in [0.05, 0.1) is 0 Å². The first-order chi connectivity index (χ1) is 11.1. The number of rotatable bonds is 7. The molecule has 0 radical (unpaired) electrons. The summed E-state index contributed by atoms with van der Waals surface area (Å²) in [5.74, 6) is -0.748. The largest absolute Gasteiger partial charge is 0.480 e. The Balaban J connectivity index is 1.98. The molecule has 1 aromatic carbocycles. The number of carboxylic acid groups (broad SMARTS) is 1. The second kappa shape index (κ2) is 8.67. The van der Waals surface area contributed by atoms with E-state index in [0.29, 0.717) is 18.5 Å². The second-order valence-electron chi connectivity index (χ2n) is 6.11. The van der Waals surface area contributed by atoms with E-state index in [9.17, 15) is 14.7 Å². The zero-order valence-electron chi connectivity index (χ0n) is 13.8. The fourth-order valence-electron chi connectivity index (χ4n) is 2.94. The van der Waals surface area contributed by atoms with Crippen molar-refractivity contribution < 1.29 is 14.7 Å². The van der Waals surface area contributed by atoms with Gasteiger partial charge in [-0.3, -0.25) is 9.59 Å². The maximum absolute atomic E-state index is 12.5. The maximum atomic E-state index is 12.5. The third-order valence-corrected chi connectivity index (χ3v) is 4.25. The topological polar surface area (TPSA) is 69.6 Å². The summed E-state index contributed by atoms with van der Waals surface area (Å²) in [6, 6.07) is 6.95. The number of nitrogens with zero attached hydrogens (tertiary/aromatic N) is 1. The summed E-state index contributed by atoms with van der Waals surface area (Å²) in [5.41, 5.74) is 1.63. The normalized spacial score (nSPS) is 16.1. The van der Waals surface area contributed by atoms with Crippen LogP contribution in [0.3, 0.4) is 0 Å². The molecule has 1 aromatic rings. The molecule has 2 rings (SSSR count). The van der Waals surface area contributed by atoms with Gasteiger partial charge in [0.2, 0.25) is 0 Å². The Morgan fingerprint density at radius 2 is 2.00 bits per heavy atom. The summed E-state index contributed by atoms with van der Waals surface area (Å²) < 4.78 is 0. The number of piperidine rings is 1. The van der Waals surface area contributed by atoms with Crippen molar-refractivity contribution in [2.45, 2.75) is 51.6 Å². The first-order valence-electron chi connectivity index (χ1n) is 8.46. The number of carboxylic acids is 1. The number of benzene rings is 1. The second-order valence-corrected chi connectivity index (χ2v) is 6.11. The van der Waals surface area contributed by atoms with Crippen LogP contribution in [-0.2, 0) is 11.3 Å². The van der Waals surface area contributed by atoms with Gasteiger partial charge in [0, 0.05) is 25.2 Å². The molecule has 23 heavy (non-hydrogen) atoms. The number of likely N-dealkylation sites (tertiary alicyclic amines) is 1. The van der Waals surface area contributed by atoms with E-state index in [-0.39, 0.29) is 5.91 Å². The molecule has 1 aliphatic heterocycles. The molecule has 5 heteroatoms. The Morgan fingerprint density at radius 1 is 1.26 bits per heavy atom. The van der Waals surface area contributed by atoms with Crippen LogP contribution in [0.1, 0.15) is 54.9 Å². The number of nitrogens with one attached hydrogen (secondary N) is 1. The summed E-state index contributed by atoms with van der Waals surface area (Å²) in [7, 11) is 0. The Bertz CT molecular complexity index is 539. The molecule has 0 saturated carbocycles. The highest BCUT2D eigenvalue weighted by atomic mass is 16.4. The molecule has 1 unspecified atom stereocenters. The molecule has 1 saturated heterocycles. The molecule has 1 aliphatic rings. The number of amides is 1. The van der Waals surface area contributed by atoms with Crippen LogP contribution in [0.15, 0.2) is 24.3 Å². The molecule has 0 aromatic heterocycles. The van der Waals surface area contributed by atoms with Crippen LogP contribution in [-0.4, -0.2) is 41.0 Å². The number of aliphatic carboxylic acids is 1. The third-order valence-electron chi connectivity index (χ3n) is 4.25. The minimum absolute atomic E-state index is 0.0786. The molecular weight excluding hydrogens is 292 g/mol. The summed E-state index contributed by atoms with van der Waals surface area (Å²) in [6.07, 6.45) is 4.76. The lowest BCUT2D eigenvalue weighted by atomic mass is 10.1. The van der Waals surface area contributed by atoms with Crippen LogP contribution in [0.4, 0.5) is 0 Å². The van der Waals surface area contributed by atoms with E-state index >= 15 is 0 Å². The quantitative estimate of drug-likeness (QED) is 0.811. The third kappa shape index (κ3) is 5.06. The Kier molecular flexibility index (Phi) is 6.59. The summed E-state index contributed by atoms with van der Waals surface area (Å²) in [4.78, 5) is 25.6. The number of carbonyl (C=O) groups is 2. The van der Waals surface area contributed by atoms with E-state index in [1.165, 1.54) is 6.42 Å². The molecule has 0 spiro atoms. The summed E-state index contributed by atoms with van der Waals surface area (Å²) in [6.45, 7) is 4.09. The first kappa shape index (κ1) is 17.5. The van der Waals surface area contributed by atoms with E-state index in [1.807, 2.05) is 36.1 Å². The highest BCUT2D eigenvalue weighted by Crippen LogP contribution is 2.14. The van der Waals surface area contributed by atoms with Crippen molar-refractivity contribution in [2.75, 3.05) is 13.1 Å². The SMILES string of the molecule is CCCC(NCc1cccc(C(=O)N2CCCCC2)c1)C(=O)O. The molecule has 0 bridgehead atoms. The van der Waals surface area contributed by atoms with Crippen molar-refractivity contribution >= 4 is 11.9 Å². The van der Waals surface area contributed by atoms with Gasteiger partial charge >= 0.3 is 5.97 Å². The average Bonchev–Trinajstić information content (AvgIpc) is 2.58. The molecule has 0 aliphatic carbocycles. The Labute approximate surface area is 137 Å². The summed E-state index contributed by atoms with van der Waals surface area (Å²) >= 11 is 0. The number of carbonyl (C=O) groups excluding carboxylic acids is 1. The lowest BCUT2D eigenvalue weighted by molar-refractivity contribution is -0.139. The number of hydrogen-bond donors (Lipinski definition) is 2. The Morgan fingerprint density at radius 3 is 2.65 bits per heavy atom. The zero-order valence-corrected chi connectivity index (χ0v) is 13.8. The lowest BCUT2D eigenvalue weighted by Crippen LogP contribution is -2.36. The molecule has 1 amide bonds. The van der Waals surface area contributed by atoms with Crippen LogP contribution >= 0.6 is 0 Å².